The summed E-state index contributed by atoms with van der Waals surface area (Å²) < 4.78 is 1.87. The van der Waals surface area contributed by atoms with Gasteiger partial charge in [0.15, 0.2) is 5.82 Å². The summed E-state index contributed by atoms with van der Waals surface area (Å²) in [6.45, 7) is 2.91. The zero-order valence-corrected chi connectivity index (χ0v) is 23.4. The number of anilines is 3. The lowest BCUT2D eigenvalue weighted by atomic mass is 9.85. The van der Waals surface area contributed by atoms with Gasteiger partial charge in [-0.15, -0.1) is 0 Å². The third-order valence-electron chi connectivity index (χ3n) is 8.86. The van der Waals surface area contributed by atoms with Crippen LogP contribution in [0.25, 0.3) is 10.9 Å². The van der Waals surface area contributed by atoms with Crippen LogP contribution in [0.1, 0.15) is 72.6 Å². The van der Waals surface area contributed by atoms with Crippen molar-refractivity contribution in [2.75, 3.05) is 23.3 Å². The molecule has 1 saturated carbocycles. The summed E-state index contributed by atoms with van der Waals surface area (Å²) in [7, 11) is 0. The second-order valence-corrected chi connectivity index (χ2v) is 11.5. The molecule has 1 saturated heterocycles. The van der Waals surface area contributed by atoms with Gasteiger partial charge in [-0.1, -0.05) is 18.9 Å². The smallest absolute Gasteiger partial charge is 0.274 e. The summed E-state index contributed by atoms with van der Waals surface area (Å²) in [6, 6.07) is 10.2. The SMILES string of the molecule is N#CC1CCCCC1n1nc(Nc2ccc3c(c2)CN(C(=O)c2cnc(N4CCCCC4)cn2)C3)c2c(=O)[nH]ccc21. The summed E-state index contributed by atoms with van der Waals surface area (Å²) in [6.07, 6.45) is 12.2. The van der Waals surface area contributed by atoms with E-state index in [9.17, 15) is 14.9 Å². The molecule has 2 atom stereocenters. The Morgan fingerprint density at radius 3 is 2.64 bits per heavy atom. The summed E-state index contributed by atoms with van der Waals surface area (Å²) >= 11 is 0. The van der Waals surface area contributed by atoms with Crippen molar-refractivity contribution in [1.82, 2.24) is 29.6 Å². The van der Waals surface area contributed by atoms with E-state index in [0.29, 0.717) is 30.0 Å². The lowest BCUT2D eigenvalue weighted by Gasteiger charge is -2.27. The molecule has 0 spiro atoms. The number of H-pyrrole nitrogens is 1. The molecule has 4 aromatic rings. The molecular formula is C31H33N9O2. The monoisotopic (exact) mass is 563 g/mol. The van der Waals surface area contributed by atoms with Crippen LogP contribution in [0.4, 0.5) is 17.3 Å². The van der Waals surface area contributed by atoms with Crippen LogP contribution >= 0.6 is 0 Å². The molecule has 1 aromatic carbocycles. The van der Waals surface area contributed by atoms with Gasteiger partial charge in [0.1, 0.15) is 16.9 Å². The predicted molar refractivity (Wildman–Crippen MR) is 158 cm³/mol. The van der Waals surface area contributed by atoms with Crippen molar-refractivity contribution in [3.8, 4) is 6.07 Å². The molecule has 2 aliphatic heterocycles. The Kier molecular flexibility index (Phi) is 6.82. The fourth-order valence-corrected chi connectivity index (χ4v) is 6.63. The van der Waals surface area contributed by atoms with Gasteiger partial charge in [-0.05, 0) is 61.4 Å². The van der Waals surface area contributed by atoms with Gasteiger partial charge in [-0.3, -0.25) is 14.3 Å². The molecule has 2 unspecified atom stereocenters. The van der Waals surface area contributed by atoms with Crippen molar-refractivity contribution in [3.63, 3.8) is 0 Å². The molecular weight excluding hydrogens is 530 g/mol. The van der Waals surface area contributed by atoms with Gasteiger partial charge >= 0.3 is 0 Å². The number of nitrogens with one attached hydrogen (secondary N) is 2. The average Bonchev–Trinajstić information content (AvgIpc) is 3.63. The third kappa shape index (κ3) is 4.76. The van der Waals surface area contributed by atoms with E-state index in [-0.39, 0.29) is 23.4 Å². The Morgan fingerprint density at radius 2 is 1.83 bits per heavy atom. The second kappa shape index (κ2) is 10.9. The maximum atomic E-state index is 13.3. The molecule has 11 heteroatoms. The number of pyridine rings is 1. The van der Waals surface area contributed by atoms with Crippen molar-refractivity contribution in [1.29, 1.82) is 5.26 Å². The van der Waals surface area contributed by atoms with Gasteiger partial charge in [0, 0.05) is 38.1 Å². The quantitative estimate of drug-likeness (QED) is 0.358. The van der Waals surface area contributed by atoms with E-state index in [1.54, 1.807) is 23.5 Å². The van der Waals surface area contributed by atoms with E-state index >= 15 is 0 Å². The Labute approximate surface area is 243 Å². The number of fused-ring (bicyclic) bond motifs is 2. The Morgan fingerprint density at radius 1 is 1.00 bits per heavy atom. The number of aromatic nitrogens is 5. The highest BCUT2D eigenvalue weighted by atomic mass is 16.2. The van der Waals surface area contributed by atoms with E-state index in [1.807, 2.05) is 28.9 Å². The van der Waals surface area contributed by atoms with Crippen LogP contribution in [-0.2, 0) is 13.1 Å². The zero-order valence-electron chi connectivity index (χ0n) is 23.4. The Hall–Kier alpha value is -4.72. The number of aromatic amines is 1. The van der Waals surface area contributed by atoms with Crippen LogP contribution < -0.4 is 15.8 Å². The number of benzene rings is 1. The average molecular weight is 564 g/mol. The lowest BCUT2D eigenvalue weighted by molar-refractivity contribution is 0.0745. The molecule has 3 aromatic heterocycles. The maximum Gasteiger partial charge on any atom is 0.274 e. The molecule has 1 aliphatic carbocycles. The largest absolute Gasteiger partial charge is 0.355 e. The summed E-state index contributed by atoms with van der Waals surface area (Å²) in [5.74, 6) is 1.01. The minimum atomic E-state index is -0.226. The maximum absolute atomic E-state index is 13.3. The van der Waals surface area contributed by atoms with E-state index in [1.165, 1.54) is 6.42 Å². The van der Waals surface area contributed by atoms with Gasteiger partial charge in [-0.2, -0.15) is 10.4 Å². The minimum Gasteiger partial charge on any atom is -0.355 e. The fourth-order valence-electron chi connectivity index (χ4n) is 6.63. The lowest BCUT2D eigenvalue weighted by Crippen LogP contribution is -2.31. The van der Waals surface area contributed by atoms with Crippen LogP contribution in [-0.4, -0.2) is 48.6 Å². The van der Waals surface area contributed by atoms with Crippen molar-refractivity contribution in [2.45, 2.75) is 64.1 Å². The highest BCUT2D eigenvalue weighted by molar-refractivity contribution is 5.93. The van der Waals surface area contributed by atoms with Crippen molar-refractivity contribution in [3.05, 3.63) is 70.0 Å². The Balaban J connectivity index is 1.10. The van der Waals surface area contributed by atoms with Crippen molar-refractivity contribution < 1.29 is 4.79 Å². The highest BCUT2D eigenvalue weighted by Gasteiger charge is 2.30. The molecule has 5 heterocycles. The Bertz CT molecular complexity index is 1730. The first-order valence-electron chi connectivity index (χ1n) is 14.8. The molecule has 42 heavy (non-hydrogen) atoms. The zero-order chi connectivity index (χ0) is 28.6. The number of carbonyl (C=O) groups is 1. The molecule has 1 amide bonds. The summed E-state index contributed by atoms with van der Waals surface area (Å²) in [5, 5.41) is 18.4. The van der Waals surface area contributed by atoms with E-state index in [4.69, 9.17) is 5.10 Å². The number of nitriles is 1. The predicted octanol–water partition coefficient (Wildman–Crippen LogP) is 4.66. The number of rotatable bonds is 5. The van der Waals surface area contributed by atoms with Crippen molar-refractivity contribution >= 4 is 34.1 Å². The molecule has 7 rings (SSSR count). The van der Waals surface area contributed by atoms with Gasteiger partial charge < -0.3 is 20.1 Å². The standard InChI is InChI=1S/C31H33N9O2/c32-15-20-6-2-3-7-25(20)40-26-10-11-33-30(41)28(26)29(37-40)36-23-9-8-21-18-39(19-22(21)14-23)31(42)24-16-35-27(17-34-24)38-12-4-1-5-13-38/h8-11,14,16-17,20,25H,1-7,12-13,18-19H2,(H,33,41)(H,36,37). The van der Waals surface area contributed by atoms with Gasteiger partial charge in [0.2, 0.25) is 0 Å². The highest BCUT2D eigenvalue weighted by Crippen LogP contribution is 2.37. The normalized spacial score (nSPS) is 20.4. The molecule has 0 radical (unpaired) electrons. The first kappa shape index (κ1) is 26.2. The number of amides is 1. The summed E-state index contributed by atoms with van der Waals surface area (Å²) in [5.41, 5.74) is 3.72. The third-order valence-corrected chi connectivity index (χ3v) is 8.86. The van der Waals surface area contributed by atoms with Crippen LogP contribution in [0.2, 0.25) is 0 Å². The summed E-state index contributed by atoms with van der Waals surface area (Å²) in [4.78, 5) is 42.0. The second-order valence-electron chi connectivity index (χ2n) is 11.5. The van der Waals surface area contributed by atoms with Crippen molar-refractivity contribution in [2.24, 2.45) is 5.92 Å². The van der Waals surface area contributed by atoms with E-state index in [2.05, 4.69) is 31.2 Å². The van der Waals surface area contributed by atoms with E-state index < -0.39 is 0 Å². The first-order chi connectivity index (χ1) is 20.6. The molecule has 11 nitrogen and oxygen atoms in total. The number of nitrogens with zero attached hydrogens (tertiary/aromatic N) is 7. The van der Waals surface area contributed by atoms with Gasteiger partial charge in [0.25, 0.3) is 11.5 Å². The van der Waals surface area contributed by atoms with Crippen LogP contribution in [0, 0.1) is 17.2 Å². The minimum absolute atomic E-state index is 0.0693. The number of piperidine rings is 1. The molecule has 2 N–H and O–H groups in total. The van der Waals surface area contributed by atoms with Gasteiger partial charge in [-0.25, -0.2) is 9.97 Å². The number of hydrogen-bond donors (Lipinski definition) is 2. The van der Waals surface area contributed by atoms with Crippen LogP contribution in [0.3, 0.4) is 0 Å². The molecule has 214 valence electrons. The van der Waals surface area contributed by atoms with Crippen LogP contribution in [0.5, 0.6) is 0 Å². The number of hydrogen-bond acceptors (Lipinski definition) is 8. The van der Waals surface area contributed by atoms with Crippen LogP contribution in [0.15, 0.2) is 47.7 Å². The molecule has 3 aliphatic rings. The fraction of sp³-hybridized carbons (Fsp3) is 0.419. The number of carbonyl (C=O) groups excluding carboxylic acids is 1. The first-order valence-corrected chi connectivity index (χ1v) is 14.8. The molecule has 2 fully saturated rings. The topological polar surface area (TPSA) is 136 Å². The van der Waals surface area contributed by atoms with Gasteiger partial charge in [0.05, 0.1) is 35.9 Å². The van der Waals surface area contributed by atoms with E-state index in [0.717, 1.165) is 79.8 Å². The molecule has 0 bridgehead atoms.